The van der Waals surface area contributed by atoms with Crippen LogP contribution in [0.3, 0.4) is 0 Å². The van der Waals surface area contributed by atoms with Crippen molar-refractivity contribution < 1.29 is 4.79 Å². The van der Waals surface area contributed by atoms with Crippen molar-refractivity contribution in [2.24, 2.45) is 0 Å². The highest BCUT2D eigenvalue weighted by Crippen LogP contribution is 2.17. The molecular weight excluding hydrogens is 250 g/mol. The fourth-order valence-corrected chi connectivity index (χ4v) is 1.86. The van der Waals surface area contributed by atoms with Crippen molar-refractivity contribution in [2.45, 2.75) is 26.7 Å². The lowest BCUT2D eigenvalue weighted by atomic mass is 10.2. The topological polar surface area (TPSA) is 54.0 Å². The molecule has 0 radical (unpaired) electrons. The second-order valence-corrected chi connectivity index (χ2v) is 4.72. The molecule has 0 bridgehead atoms. The summed E-state index contributed by atoms with van der Waals surface area (Å²) >= 11 is 0. The Hall–Kier alpha value is -2.36. The van der Waals surface area contributed by atoms with Gasteiger partial charge in [-0.25, -0.2) is 4.98 Å². The molecule has 1 aromatic carbocycles. The summed E-state index contributed by atoms with van der Waals surface area (Å²) in [5, 5.41) is 6.04. The first kappa shape index (κ1) is 14.1. The van der Waals surface area contributed by atoms with Crippen LogP contribution in [0.15, 0.2) is 42.6 Å². The number of hydrogen-bond donors (Lipinski definition) is 2. The SMILES string of the molecule is CCCC(=O)Nc1ccc(Nc2cccc(C)c2)cn1. The van der Waals surface area contributed by atoms with Gasteiger partial charge in [-0.15, -0.1) is 0 Å². The molecular formula is C16H19N3O. The number of nitrogens with zero attached hydrogens (tertiary/aromatic N) is 1. The Morgan fingerprint density at radius 1 is 1.20 bits per heavy atom. The van der Waals surface area contributed by atoms with Gasteiger partial charge in [-0.05, 0) is 43.2 Å². The monoisotopic (exact) mass is 269 g/mol. The van der Waals surface area contributed by atoms with E-state index in [1.54, 1.807) is 12.3 Å². The van der Waals surface area contributed by atoms with Crippen molar-refractivity contribution in [3.63, 3.8) is 0 Å². The normalized spacial score (nSPS) is 10.1. The molecule has 0 atom stereocenters. The summed E-state index contributed by atoms with van der Waals surface area (Å²) in [5.41, 5.74) is 3.12. The van der Waals surface area contributed by atoms with Crippen molar-refractivity contribution in [3.8, 4) is 0 Å². The predicted octanol–water partition coefficient (Wildman–Crippen LogP) is 3.87. The molecule has 4 heteroatoms. The van der Waals surface area contributed by atoms with Crippen LogP contribution < -0.4 is 10.6 Å². The summed E-state index contributed by atoms with van der Waals surface area (Å²) in [5.74, 6) is 0.581. The van der Waals surface area contributed by atoms with E-state index in [1.807, 2.05) is 25.1 Å². The predicted molar refractivity (Wildman–Crippen MR) is 82.2 cm³/mol. The summed E-state index contributed by atoms with van der Waals surface area (Å²) in [6, 6.07) is 11.8. The first-order valence-corrected chi connectivity index (χ1v) is 6.77. The van der Waals surface area contributed by atoms with Crippen LogP contribution >= 0.6 is 0 Å². The zero-order valence-corrected chi connectivity index (χ0v) is 11.8. The summed E-state index contributed by atoms with van der Waals surface area (Å²) in [4.78, 5) is 15.7. The van der Waals surface area contributed by atoms with Gasteiger partial charge in [0.05, 0.1) is 11.9 Å². The van der Waals surface area contributed by atoms with Crippen LogP contribution in [-0.4, -0.2) is 10.9 Å². The van der Waals surface area contributed by atoms with E-state index < -0.39 is 0 Å². The minimum Gasteiger partial charge on any atom is -0.354 e. The van der Waals surface area contributed by atoms with E-state index in [9.17, 15) is 4.79 Å². The van der Waals surface area contributed by atoms with Gasteiger partial charge < -0.3 is 10.6 Å². The molecule has 1 aromatic heterocycles. The summed E-state index contributed by atoms with van der Waals surface area (Å²) in [7, 11) is 0. The molecule has 2 aromatic rings. The number of aryl methyl sites for hydroxylation is 1. The van der Waals surface area contributed by atoms with Gasteiger partial charge in [-0.3, -0.25) is 4.79 Å². The number of carbonyl (C=O) groups is 1. The van der Waals surface area contributed by atoms with E-state index in [-0.39, 0.29) is 5.91 Å². The standard InChI is InChI=1S/C16H19N3O/c1-3-5-16(20)19-15-9-8-14(11-17-15)18-13-7-4-6-12(2)10-13/h4,6-11,18H,3,5H2,1-2H3,(H,17,19,20). The number of rotatable bonds is 5. The number of nitrogens with one attached hydrogen (secondary N) is 2. The Bertz CT molecular complexity index is 579. The number of hydrogen-bond acceptors (Lipinski definition) is 3. The van der Waals surface area contributed by atoms with Gasteiger partial charge in [-0.2, -0.15) is 0 Å². The second-order valence-electron chi connectivity index (χ2n) is 4.72. The van der Waals surface area contributed by atoms with Crippen molar-refractivity contribution in [3.05, 3.63) is 48.2 Å². The maximum Gasteiger partial charge on any atom is 0.225 e. The lowest BCUT2D eigenvalue weighted by Crippen LogP contribution is -2.11. The van der Waals surface area contributed by atoms with E-state index >= 15 is 0 Å². The van der Waals surface area contributed by atoms with Crippen LogP contribution in [0.2, 0.25) is 0 Å². The highest BCUT2D eigenvalue weighted by atomic mass is 16.1. The average Bonchev–Trinajstić information content (AvgIpc) is 2.41. The van der Waals surface area contributed by atoms with Gasteiger partial charge >= 0.3 is 0 Å². The number of pyridine rings is 1. The van der Waals surface area contributed by atoms with E-state index in [4.69, 9.17) is 0 Å². The molecule has 2 N–H and O–H groups in total. The molecule has 0 aliphatic carbocycles. The molecule has 2 rings (SSSR count). The first-order valence-electron chi connectivity index (χ1n) is 6.77. The maximum absolute atomic E-state index is 11.5. The Balaban J connectivity index is 1.99. The van der Waals surface area contributed by atoms with Gasteiger partial charge in [-0.1, -0.05) is 19.1 Å². The van der Waals surface area contributed by atoms with Crippen molar-refractivity contribution in [1.29, 1.82) is 0 Å². The lowest BCUT2D eigenvalue weighted by Gasteiger charge is -2.08. The second kappa shape index (κ2) is 6.70. The molecule has 1 amide bonds. The summed E-state index contributed by atoms with van der Waals surface area (Å²) in [6.07, 6.45) is 3.06. The highest BCUT2D eigenvalue weighted by molar-refractivity contribution is 5.89. The molecule has 0 aliphatic rings. The third-order valence-corrected chi connectivity index (χ3v) is 2.81. The van der Waals surface area contributed by atoms with Crippen LogP contribution in [0.25, 0.3) is 0 Å². The Morgan fingerprint density at radius 2 is 2.05 bits per heavy atom. The average molecular weight is 269 g/mol. The van der Waals surface area contributed by atoms with Crippen molar-refractivity contribution in [2.75, 3.05) is 10.6 Å². The van der Waals surface area contributed by atoms with Crippen LogP contribution in [0.4, 0.5) is 17.2 Å². The smallest absolute Gasteiger partial charge is 0.225 e. The number of benzene rings is 1. The quantitative estimate of drug-likeness (QED) is 0.866. The van der Waals surface area contributed by atoms with Crippen LogP contribution in [0.1, 0.15) is 25.3 Å². The minimum atomic E-state index is -0.000562. The fraction of sp³-hybridized carbons (Fsp3) is 0.250. The molecule has 4 nitrogen and oxygen atoms in total. The summed E-state index contributed by atoms with van der Waals surface area (Å²) in [6.45, 7) is 4.03. The molecule has 0 unspecified atom stereocenters. The molecule has 0 aliphatic heterocycles. The van der Waals surface area contributed by atoms with Gasteiger partial charge in [0.15, 0.2) is 0 Å². The van der Waals surface area contributed by atoms with Crippen molar-refractivity contribution >= 4 is 23.1 Å². The van der Waals surface area contributed by atoms with E-state index in [0.29, 0.717) is 12.2 Å². The van der Waals surface area contributed by atoms with Gasteiger partial charge in [0, 0.05) is 12.1 Å². The summed E-state index contributed by atoms with van der Waals surface area (Å²) < 4.78 is 0. The van der Waals surface area contributed by atoms with Crippen LogP contribution in [0, 0.1) is 6.92 Å². The number of amides is 1. The van der Waals surface area contributed by atoms with Crippen LogP contribution in [0.5, 0.6) is 0 Å². The fourth-order valence-electron chi connectivity index (χ4n) is 1.86. The first-order chi connectivity index (χ1) is 9.67. The van der Waals surface area contributed by atoms with Crippen LogP contribution in [-0.2, 0) is 4.79 Å². The Kier molecular flexibility index (Phi) is 4.71. The molecule has 20 heavy (non-hydrogen) atoms. The minimum absolute atomic E-state index is 0.000562. The largest absolute Gasteiger partial charge is 0.354 e. The number of anilines is 3. The number of carbonyl (C=O) groups excluding carboxylic acids is 1. The third-order valence-electron chi connectivity index (χ3n) is 2.81. The van der Waals surface area contributed by atoms with Gasteiger partial charge in [0.25, 0.3) is 0 Å². The number of aromatic nitrogens is 1. The Morgan fingerprint density at radius 3 is 2.70 bits per heavy atom. The Labute approximate surface area is 119 Å². The van der Waals surface area contributed by atoms with E-state index in [2.05, 4.69) is 34.7 Å². The maximum atomic E-state index is 11.5. The third kappa shape index (κ3) is 4.09. The molecule has 104 valence electrons. The zero-order chi connectivity index (χ0) is 14.4. The molecule has 0 saturated carbocycles. The molecule has 0 saturated heterocycles. The zero-order valence-electron chi connectivity index (χ0n) is 11.8. The van der Waals surface area contributed by atoms with E-state index in [0.717, 1.165) is 17.8 Å². The van der Waals surface area contributed by atoms with Gasteiger partial charge in [0.1, 0.15) is 5.82 Å². The lowest BCUT2D eigenvalue weighted by molar-refractivity contribution is -0.116. The highest BCUT2D eigenvalue weighted by Gasteiger charge is 2.02. The van der Waals surface area contributed by atoms with E-state index in [1.165, 1.54) is 5.56 Å². The van der Waals surface area contributed by atoms with Gasteiger partial charge in [0.2, 0.25) is 5.91 Å². The molecule has 0 fully saturated rings. The van der Waals surface area contributed by atoms with Crippen molar-refractivity contribution in [1.82, 2.24) is 4.98 Å². The molecule has 1 heterocycles. The molecule has 0 spiro atoms.